The molecule has 0 radical (unpaired) electrons. The molecule has 0 aromatic heterocycles. The average molecular weight is 526 g/mol. The van der Waals surface area contributed by atoms with Crippen molar-refractivity contribution < 1.29 is 0 Å². The summed E-state index contributed by atoms with van der Waals surface area (Å²) in [4.78, 5) is 13.0. The van der Waals surface area contributed by atoms with Gasteiger partial charge in [-0.05, 0) is 83.4 Å². The van der Waals surface area contributed by atoms with E-state index in [0.29, 0.717) is 0 Å². The maximum Gasteiger partial charge on any atom is 0.194 e. The Morgan fingerprint density at radius 1 is 1.00 bits per heavy atom. The number of piperidine rings is 2. The molecule has 0 amide bonds. The fourth-order valence-corrected chi connectivity index (χ4v) is 5.30. The molecule has 0 saturated carbocycles. The normalized spacial score (nSPS) is 22.9. The Kier molecular flexibility index (Phi) is 8.83. The first kappa shape index (κ1) is 23.8. The van der Waals surface area contributed by atoms with Gasteiger partial charge in [-0.1, -0.05) is 30.7 Å². The van der Waals surface area contributed by atoms with E-state index in [1.165, 1.54) is 69.4 Å². The maximum absolute atomic E-state index is 5.28. The second kappa shape index (κ2) is 11.1. The standard InChI is InChI=1S/C24H39N5.HI/c1-3-25-23(28-16-11-21-9-5-6-10-22(21)19-28)26-20-24(12-17-27(2)18-13-24)29-14-7-4-8-15-29;/h5-6,9-10H,3-4,7-8,11-20H2,1-2H3,(H,25,26);1H. The topological polar surface area (TPSA) is 34.1 Å². The van der Waals surface area contributed by atoms with Crippen molar-refractivity contribution in [2.24, 2.45) is 4.99 Å². The number of fused-ring (bicyclic) bond motifs is 1. The third-order valence-electron chi connectivity index (χ3n) is 7.23. The fraction of sp³-hybridized carbons (Fsp3) is 0.708. The van der Waals surface area contributed by atoms with E-state index in [0.717, 1.165) is 38.6 Å². The maximum atomic E-state index is 5.28. The quantitative estimate of drug-likeness (QED) is 0.371. The van der Waals surface area contributed by atoms with Crippen molar-refractivity contribution in [3.63, 3.8) is 0 Å². The number of hydrogen-bond acceptors (Lipinski definition) is 3. The number of halogens is 1. The number of nitrogens with zero attached hydrogens (tertiary/aromatic N) is 4. The molecule has 6 heteroatoms. The lowest BCUT2D eigenvalue weighted by molar-refractivity contribution is 0.0206. The number of nitrogens with one attached hydrogen (secondary N) is 1. The van der Waals surface area contributed by atoms with Gasteiger partial charge in [-0.2, -0.15) is 0 Å². The predicted molar refractivity (Wildman–Crippen MR) is 137 cm³/mol. The van der Waals surface area contributed by atoms with Crippen LogP contribution >= 0.6 is 24.0 Å². The summed E-state index contributed by atoms with van der Waals surface area (Å²) in [5.74, 6) is 1.11. The SMILES string of the molecule is CCNC(=NCC1(N2CCCCC2)CCN(C)CC1)N1CCc2ccccc2C1.I. The summed E-state index contributed by atoms with van der Waals surface area (Å²) in [6, 6.07) is 8.88. The van der Waals surface area contributed by atoms with Crippen LogP contribution < -0.4 is 5.32 Å². The van der Waals surface area contributed by atoms with E-state index >= 15 is 0 Å². The van der Waals surface area contributed by atoms with Gasteiger partial charge in [0.25, 0.3) is 0 Å². The first-order chi connectivity index (χ1) is 14.2. The van der Waals surface area contributed by atoms with Crippen LogP contribution in [0.1, 0.15) is 50.2 Å². The molecule has 1 N–H and O–H groups in total. The first-order valence-electron chi connectivity index (χ1n) is 11.7. The molecule has 4 rings (SSSR count). The van der Waals surface area contributed by atoms with E-state index in [2.05, 4.69) is 58.3 Å². The molecule has 0 spiro atoms. The predicted octanol–water partition coefficient (Wildman–Crippen LogP) is 3.58. The minimum Gasteiger partial charge on any atom is -0.357 e. The second-order valence-corrected chi connectivity index (χ2v) is 9.19. The van der Waals surface area contributed by atoms with Gasteiger partial charge >= 0.3 is 0 Å². The van der Waals surface area contributed by atoms with Crippen molar-refractivity contribution in [3.05, 3.63) is 35.4 Å². The third-order valence-corrected chi connectivity index (χ3v) is 7.23. The van der Waals surface area contributed by atoms with Crippen molar-refractivity contribution in [2.45, 2.75) is 57.5 Å². The molecule has 30 heavy (non-hydrogen) atoms. The molecule has 0 bridgehead atoms. The van der Waals surface area contributed by atoms with Gasteiger partial charge in [-0.15, -0.1) is 24.0 Å². The highest BCUT2D eigenvalue weighted by atomic mass is 127. The molecule has 0 aliphatic carbocycles. The fourth-order valence-electron chi connectivity index (χ4n) is 5.30. The van der Waals surface area contributed by atoms with Crippen molar-refractivity contribution in [2.75, 3.05) is 52.9 Å². The Morgan fingerprint density at radius 3 is 2.40 bits per heavy atom. The molecule has 3 heterocycles. The Hall–Kier alpha value is -0.860. The second-order valence-electron chi connectivity index (χ2n) is 9.19. The summed E-state index contributed by atoms with van der Waals surface area (Å²) in [6.07, 6.45) is 7.70. The van der Waals surface area contributed by atoms with Gasteiger partial charge in [0.15, 0.2) is 5.96 Å². The van der Waals surface area contributed by atoms with Crippen LogP contribution in [0.2, 0.25) is 0 Å². The molecule has 2 saturated heterocycles. The molecule has 1 aromatic rings. The molecule has 3 aliphatic heterocycles. The lowest BCUT2D eigenvalue weighted by Gasteiger charge is -2.49. The molecule has 0 atom stereocenters. The molecular weight excluding hydrogens is 485 g/mol. The summed E-state index contributed by atoms with van der Waals surface area (Å²) in [5, 5.41) is 3.60. The van der Waals surface area contributed by atoms with Crippen LogP contribution in [0.15, 0.2) is 29.3 Å². The van der Waals surface area contributed by atoms with Crippen molar-refractivity contribution in [1.29, 1.82) is 0 Å². The molecule has 5 nitrogen and oxygen atoms in total. The highest BCUT2D eigenvalue weighted by Gasteiger charge is 2.39. The Bertz CT molecular complexity index is 693. The van der Waals surface area contributed by atoms with Gasteiger partial charge in [0.05, 0.1) is 6.54 Å². The largest absolute Gasteiger partial charge is 0.357 e. The smallest absolute Gasteiger partial charge is 0.194 e. The van der Waals surface area contributed by atoms with Crippen LogP contribution in [0.3, 0.4) is 0 Å². The summed E-state index contributed by atoms with van der Waals surface area (Å²) in [5.41, 5.74) is 3.20. The van der Waals surface area contributed by atoms with Crippen LogP contribution in [-0.2, 0) is 13.0 Å². The van der Waals surface area contributed by atoms with Gasteiger partial charge in [0, 0.05) is 25.2 Å². The zero-order valence-corrected chi connectivity index (χ0v) is 21.2. The first-order valence-corrected chi connectivity index (χ1v) is 11.7. The van der Waals surface area contributed by atoms with Crippen LogP contribution in [-0.4, -0.2) is 79.1 Å². The Morgan fingerprint density at radius 2 is 1.70 bits per heavy atom. The van der Waals surface area contributed by atoms with Crippen molar-refractivity contribution in [1.82, 2.24) is 20.0 Å². The summed E-state index contributed by atoms with van der Waals surface area (Å²) < 4.78 is 0. The number of benzene rings is 1. The van der Waals surface area contributed by atoms with E-state index in [1.807, 2.05) is 0 Å². The van der Waals surface area contributed by atoms with Gasteiger partial charge < -0.3 is 15.1 Å². The van der Waals surface area contributed by atoms with Crippen LogP contribution in [0, 0.1) is 0 Å². The van der Waals surface area contributed by atoms with Crippen molar-refractivity contribution >= 4 is 29.9 Å². The van der Waals surface area contributed by atoms with E-state index < -0.39 is 0 Å². The molecule has 2 fully saturated rings. The number of rotatable bonds is 4. The zero-order chi connectivity index (χ0) is 20.1. The van der Waals surface area contributed by atoms with E-state index in [4.69, 9.17) is 4.99 Å². The van der Waals surface area contributed by atoms with Gasteiger partial charge in [-0.25, -0.2) is 0 Å². The van der Waals surface area contributed by atoms with Gasteiger partial charge in [-0.3, -0.25) is 9.89 Å². The van der Waals surface area contributed by atoms with E-state index in [-0.39, 0.29) is 29.5 Å². The molecular formula is C24H40IN5. The number of hydrogen-bond donors (Lipinski definition) is 1. The lowest BCUT2D eigenvalue weighted by Crippen LogP contribution is -2.58. The minimum atomic E-state index is 0. The average Bonchev–Trinajstić information content (AvgIpc) is 2.78. The van der Waals surface area contributed by atoms with Gasteiger partial charge in [0.2, 0.25) is 0 Å². The van der Waals surface area contributed by atoms with Gasteiger partial charge in [0.1, 0.15) is 0 Å². The Labute approximate surface area is 200 Å². The summed E-state index contributed by atoms with van der Waals surface area (Å²) in [6.45, 7) is 11.0. The number of likely N-dealkylation sites (tertiary alicyclic amines) is 2. The molecule has 168 valence electrons. The molecule has 0 unspecified atom stereocenters. The van der Waals surface area contributed by atoms with Crippen LogP contribution in [0.5, 0.6) is 0 Å². The van der Waals surface area contributed by atoms with Crippen molar-refractivity contribution in [3.8, 4) is 0 Å². The number of aliphatic imine (C=N–C) groups is 1. The number of guanidine groups is 1. The highest BCUT2D eigenvalue weighted by Crippen LogP contribution is 2.32. The third kappa shape index (κ3) is 5.49. The van der Waals surface area contributed by atoms with Crippen LogP contribution in [0.4, 0.5) is 0 Å². The van der Waals surface area contributed by atoms with Crippen LogP contribution in [0.25, 0.3) is 0 Å². The lowest BCUT2D eigenvalue weighted by atomic mass is 9.84. The molecule has 1 aromatic carbocycles. The highest BCUT2D eigenvalue weighted by molar-refractivity contribution is 14.0. The minimum absolute atomic E-state index is 0. The summed E-state index contributed by atoms with van der Waals surface area (Å²) in [7, 11) is 2.26. The van der Waals surface area contributed by atoms with E-state index in [9.17, 15) is 0 Å². The summed E-state index contributed by atoms with van der Waals surface area (Å²) >= 11 is 0. The Balaban J connectivity index is 0.00000256. The zero-order valence-electron chi connectivity index (χ0n) is 18.9. The monoisotopic (exact) mass is 525 g/mol. The van der Waals surface area contributed by atoms with E-state index in [1.54, 1.807) is 0 Å². The molecule has 3 aliphatic rings.